The van der Waals surface area contributed by atoms with Crippen LogP contribution in [0.1, 0.15) is 38.3 Å². The van der Waals surface area contributed by atoms with E-state index in [2.05, 4.69) is 0 Å². The minimum Gasteiger partial charge on any atom is -0.444 e. The molecule has 1 amide bonds. The van der Waals surface area contributed by atoms with Crippen LogP contribution in [0.25, 0.3) is 0 Å². The average molecular weight is 487 g/mol. The van der Waals surface area contributed by atoms with E-state index in [1.54, 1.807) is 41.3 Å². The second-order valence-electron chi connectivity index (χ2n) is 8.66. The van der Waals surface area contributed by atoms with Crippen LogP contribution in [0.3, 0.4) is 0 Å². The van der Waals surface area contributed by atoms with Gasteiger partial charge < -0.3 is 19.5 Å². The van der Waals surface area contributed by atoms with Crippen molar-refractivity contribution in [3.63, 3.8) is 0 Å². The lowest BCUT2D eigenvalue weighted by molar-refractivity contribution is -0.154. The van der Waals surface area contributed by atoms with Crippen molar-refractivity contribution >= 4 is 40.9 Å². The number of piperidine rings is 1. The molecule has 1 N–H and O–H groups in total. The molecule has 0 unspecified atom stereocenters. The predicted octanol–water partition coefficient (Wildman–Crippen LogP) is 6.06. The van der Waals surface area contributed by atoms with Crippen molar-refractivity contribution < 1.29 is 19.4 Å². The van der Waals surface area contributed by atoms with E-state index in [9.17, 15) is 9.90 Å². The highest BCUT2D eigenvalue weighted by Crippen LogP contribution is 2.36. The molecule has 5 nitrogen and oxygen atoms in total. The molecule has 2 aromatic rings. The van der Waals surface area contributed by atoms with Gasteiger partial charge in [0.05, 0.1) is 23.2 Å². The van der Waals surface area contributed by atoms with Crippen molar-refractivity contribution in [3.8, 4) is 0 Å². The Bertz CT molecular complexity index is 929. The lowest BCUT2D eigenvalue weighted by atomic mass is 9.82. The monoisotopic (exact) mass is 485 g/mol. The first-order valence-electron chi connectivity index (χ1n) is 10.00. The lowest BCUT2D eigenvalue weighted by Crippen LogP contribution is -2.56. The van der Waals surface area contributed by atoms with E-state index >= 15 is 0 Å². The summed E-state index contributed by atoms with van der Waals surface area (Å²) in [5, 5.41) is 13.1. The van der Waals surface area contributed by atoms with Crippen LogP contribution in [0.2, 0.25) is 15.1 Å². The van der Waals surface area contributed by atoms with Crippen LogP contribution in [0.4, 0.5) is 4.79 Å². The summed E-state index contributed by atoms with van der Waals surface area (Å²) in [7, 11) is 0. The zero-order valence-corrected chi connectivity index (χ0v) is 20.0. The Morgan fingerprint density at radius 3 is 2.42 bits per heavy atom. The van der Waals surface area contributed by atoms with Crippen LogP contribution in [-0.4, -0.2) is 40.9 Å². The fraction of sp³-hybridized carbons (Fsp3) is 0.435. The molecule has 0 saturated carbocycles. The van der Waals surface area contributed by atoms with E-state index in [4.69, 9.17) is 44.3 Å². The summed E-state index contributed by atoms with van der Waals surface area (Å²) >= 11 is 18.1. The summed E-state index contributed by atoms with van der Waals surface area (Å²) < 4.78 is 11.6. The van der Waals surface area contributed by atoms with Gasteiger partial charge in [0.2, 0.25) is 0 Å². The SMILES string of the molecule is CC(C)(C)OC(=O)N1CC[C@](O)(c2ccc(Cl)cc2)[C@@H](OCc2ccc(Cl)c(Cl)c2)C1. The third kappa shape index (κ3) is 6.05. The first kappa shape index (κ1) is 24.1. The fourth-order valence-electron chi connectivity index (χ4n) is 3.49. The van der Waals surface area contributed by atoms with E-state index in [0.29, 0.717) is 33.6 Å². The number of amides is 1. The van der Waals surface area contributed by atoms with Crippen molar-refractivity contribution in [1.29, 1.82) is 0 Å². The molecule has 168 valence electrons. The van der Waals surface area contributed by atoms with Crippen LogP contribution in [0.15, 0.2) is 42.5 Å². The normalized spacial score (nSPS) is 21.8. The van der Waals surface area contributed by atoms with Crippen LogP contribution < -0.4 is 0 Å². The molecule has 1 saturated heterocycles. The van der Waals surface area contributed by atoms with Gasteiger partial charge in [0.25, 0.3) is 0 Å². The molecule has 0 aromatic heterocycles. The van der Waals surface area contributed by atoms with Gasteiger partial charge >= 0.3 is 6.09 Å². The standard InChI is InChI=1S/C23H26Cl3NO4/c1-22(2,3)31-21(28)27-11-10-23(29,16-5-7-17(24)8-6-16)20(13-27)30-14-15-4-9-18(25)19(26)12-15/h4-9,12,20,29H,10-11,13-14H2,1-3H3/t20-,23-/m0/s1. The third-order valence-corrected chi connectivity index (χ3v) is 6.10. The predicted molar refractivity (Wildman–Crippen MR) is 123 cm³/mol. The molecule has 0 aliphatic carbocycles. The Morgan fingerprint density at radius 1 is 1.13 bits per heavy atom. The largest absolute Gasteiger partial charge is 0.444 e. The summed E-state index contributed by atoms with van der Waals surface area (Å²) in [4.78, 5) is 14.2. The van der Waals surface area contributed by atoms with Gasteiger partial charge in [-0.25, -0.2) is 4.79 Å². The van der Waals surface area contributed by atoms with E-state index < -0.39 is 23.4 Å². The Morgan fingerprint density at radius 2 is 1.81 bits per heavy atom. The number of likely N-dealkylation sites (tertiary alicyclic amines) is 1. The first-order chi connectivity index (χ1) is 14.5. The number of carbonyl (C=O) groups is 1. The van der Waals surface area contributed by atoms with Gasteiger partial charge in [0.15, 0.2) is 0 Å². The molecule has 8 heteroatoms. The van der Waals surface area contributed by atoms with Gasteiger partial charge in [-0.1, -0.05) is 53.0 Å². The Balaban J connectivity index is 1.83. The zero-order chi connectivity index (χ0) is 22.8. The number of halogens is 3. The van der Waals surface area contributed by atoms with E-state index in [1.165, 1.54) is 0 Å². The van der Waals surface area contributed by atoms with Gasteiger partial charge in [0, 0.05) is 18.0 Å². The molecule has 1 heterocycles. The van der Waals surface area contributed by atoms with Crippen LogP contribution >= 0.6 is 34.8 Å². The number of aliphatic hydroxyl groups is 1. The molecule has 0 bridgehead atoms. The van der Waals surface area contributed by atoms with E-state index in [1.807, 2.05) is 26.8 Å². The third-order valence-electron chi connectivity index (χ3n) is 5.11. The lowest BCUT2D eigenvalue weighted by Gasteiger charge is -2.44. The summed E-state index contributed by atoms with van der Waals surface area (Å²) in [6, 6.07) is 12.2. The summed E-state index contributed by atoms with van der Waals surface area (Å²) in [6.07, 6.45) is -0.835. The van der Waals surface area contributed by atoms with E-state index in [0.717, 1.165) is 5.56 Å². The molecule has 1 aliphatic rings. The van der Waals surface area contributed by atoms with Crippen molar-refractivity contribution in [3.05, 3.63) is 68.7 Å². The maximum absolute atomic E-state index is 12.6. The minimum atomic E-state index is -1.29. The van der Waals surface area contributed by atoms with Crippen molar-refractivity contribution in [2.45, 2.75) is 51.1 Å². The zero-order valence-electron chi connectivity index (χ0n) is 17.7. The molecule has 3 rings (SSSR count). The molecule has 2 aromatic carbocycles. The smallest absolute Gasteiger partial charge is 0.410 e. The highest BCUT2D eigenvalue weighted by Gasteiger charge is 2.45. The maximum atomic E-state index is 12.6. The van der Waals surface area contributed by atoms with E-state index in [-0.39, 0.29) is 13.2 Å². The Hall–Kier alpha value is -1.50. The Labute approximate surface area is 197 Å². The number of hydrogen-bond acceptors (Lipinski definition) is 4. The maximum Gasteiger partial charge on any atom is 0.410 e. The quantitative estimate of drug-likeness (QED) is 0.570. The van der Waals surface area contributed by atoms with Crippen molar-refractivity contribution in [1.82, 2.24) is 4.90 Å². The topological polar surface area (TPSA) is 59.0 Å². The van der Waals surface area contributed by atoms with Crippen LogP contribution in [0, 0.1) is 0 Å². The molecule has 0 radical (unpaired) electrons. The number of rotatable bonds is 4. The second kappa shape index (κ2) is 9.55. The number of nitrogens with zero attached hydrogens (tertiary/aromatic N) is 1. The molecular formula is C23H26Cl3NO4. The molecule has 2 atom stereocenters. The second-order valence-corrected chi connectivity index (χ2v) is 9.91. The van der Waals surface area contributed by atoms with Gasteiger partial charge in [-0.15, -0.1) is 0 Å². The minimum absolute atomic E-state index is 0.176. The fourth-order valence-corrected chi connectivity index (χ4v) is 3.93. The van der Waals surface area contributed by atoms with Crippen molar-refractivity contribution in [2.75, 3.05) is 13.1 Å². The Kier molecular flexibility index (Phi) is 7.44. The van der Waals surface area contributed by atoms with Gasteiger partial charge in [0.1, 0.15) is 17.3 Å². The molecular weight excluding hydrogens is 461 g/mol. The molecule has 1 aliphatic heterocycles. The van der Waals surface area contributed by atoms with Crippen LogP contribution in [0.5, 0.6) is 0 Å². The van der Waals surface area contributed by atoms with Gasteiger partial charge in [-0.3, -0.25) is 0 Å². The molecule has 31 heavy (non-hydrogen) atoms. The molecule has 1 fully saturated rings. The van der Waals surface area contributed by atoms with Gasteiger partial charge in [-0.05, 0) is 56.2 Å². The average Bonchev–Trinajstić information content (AvgIpc) is 2.69. The number of benzene rings is 2. The highest BCUT2D eigenvalue weighted by atomic mass is 35.5. The van der Waals surface area contributed by atoms with Crippen LogP contribution in [-0.2, 0) is 21.7 Å². The number of ether oxygens (including phenoxy) is 2. The summed E-state index contributed by atoms with van der Waals surface area (Å²) in [6.45, 7) is 6.15. The molecule has 0 spiro atoms. The van der Waals surface area contributed by atoms with Crippen molar-refractivity contribution in [2.24, 2.45) is 0 Å². The first-order valence-corrected chi connectivity index (χ1v) is 11.1. The summed E-state index contributed by atoms with van der Waals surface area (Å²) in [5.74, 6) is 0. The number of hydrogen-bond donors (Lipinski definition) is 1. The number of carbonyl (C=O) groups excluding carboxylic acids is 1. The van der Waals surface area contributed by atoms with Gasteiger partial charge in [-0.2, -0.15) is 0 Å². The summed E-state index contributed by atoms with van der Waals surface area (Å²) in [5.41, 5.74) is -0.418. The highest BCUT2D eigenvalue weighted by molar-refractivity contribution is 6.42.